The van der Waals surface area contributed by atoms with Gasteiger partial charge in [-0.05, 0) is 37.1 Å². The van der Waals surface area contributed by atoms with Crippen molar-refractivity contribution in [2.45, 2.75) is 50.3 Å². The van der Waals surface area contributed by atoms with E-state index in [0.29, 0.717) is 17.4 Å². The Balaban J connectivity index is 2.78. The Morgan fingerprint density at radius 1 is 1.25 bits per heavy atom. The summed E-state index contributed by atoms with van der Waals surface area (Å²) in [6.45, 7) is 10.8. The summed E-state index contributed by atoms with van der Waals surface area (Å²) in [5.74, 6) is 0.222. The van der Waals surface area contributed by atoms with Crippen LogP contribution in [0.1, 0.15) is 45.0 Å². The molecule has 0 fully saturated rings. The average molecular weight is 294 g/mol. The third-order valence-corrected chi connectivity index (χ3v) is 4.60. The van der Waals surface area contributed by atoms with Crippen LogP contribution in [-0.2, 0) is 0 Å². The largest absolute Gasteiger partial charge is 0.345 e. The number of nitrogens with two attached hydrogens (primary N) is 1. The van der Waals surface area contributed by atoms with Crippen LogP contribution >= 0.6 is 11.8 Å². The highest BCUT2D eigenvalue weighted by Gasteiger charge is 2.28. The van der Waals surface area contributed by atoms with Crippen LogP contribution in [0.3, 0.4) is 0 Å². The Morgan fingerprint density at radius 2 is 1.80 bits per heavy atom. The van der Waals surface area contributed by atoms with E-state index in [1.54, 1.807) is 11.8 Å². The first-order chi connectivity index (χ1) is 9.28. The highest BCUT2D eigenvalue weighted by molar-refractivity contribution is 7.99. The summed E-state index contributed by atoms with van der Waals surface area (Å²) >= 11 is 1.79. The normalized spacial score (nSPS) is 14.4. The van der Waals surface area contributed by atoms with Gasteiger partial charge < -0.3 is 11.1 Å². The number of carbonyl (C=O) groups is 1. The van der Waals surface area contributed by atoms with Crippen molar-refractivity contribution in [3.63, 3.8) is 0 Å². The van der Waals surface area contributed by atoms with Gasteiger partial charge in [-0.15, -0.1) is 11.8 Å². The maximum atomic E-state index is 12.3. The summed E-state index contributed by atoms with van der Waals surface area (Å²) in [6, 6.07) is 7.73. The molecule has 0 bridgehead atoms. The van der Waals surface area contributed by atoms with E-state index in [2.05, 4.69) is 33.0 Å². The topological polar surface area (TPSA) is 55.1 Å². The standard InChI is InChI=1S/C16H26N2OS/c1-11(2)16(5,10-17)18-15(19)13-6-8-14(9-7-13)20-12(3)4/h6-9,11-12H,10,17H2,1-5H3,(H,18,19). The molecule has 4 heteroatoms. The molecule has 0 aliphatic carbocycles. The second kappa shape index (κ2) is 7.14. The van der Waals surface area contributed by atoms with E-state index < -0.39 is 0 Å². The Kier molecular flexibility index (Phi) is 6.08. The SMILES string of the molecule is CC(C)Sc1ccc(C(=O)NC(C)(CN)C(C)C)cc1. The lowest BCUT2D eigenvalue weighted by Gasteiger charge is -2.33. The van der Waals surface area contributed by atoms with Crippen LogP contribution in [-0.4, -0.2) is 23.2 Å². The summed E-state index contributed by atoms with van der Waals surface area (Å²) in [7, 11) is 0. The fourth-order valence-electron chi connectivity index (χ4n) is 1.72. The van der Waals surface area contributed by atoms with Crippen LogP contribution in [0.5, 0.6) is 0 Å². The van der Waals surface area contributed by atoms with Gasteiger partial charge in [0.15, 0.2) is 0 Å². The fraction of sp³-hybridized carbons (Fsp3) is 0.562. The average Bonchev–Trinajstić information content (AvgIpc) is 2.38. The number of hydrogen-bond acceptors (Lipinski definition) is 3. The maximum Gasteiger partial charge on any atom is 0.251 e. The number of amides is 1. The van der Waals surface area contributed by atoms with E-state index in [-0.39, 0.29) is 17.4 Å². The molecule has 20 heavy (non-hydrogen) atoms. The molecule has 0 saturated carbocycles. The molecular weight excluding hydrogens is 268 g/mol. The molecule has 1 aromatic carbocycles. The highest BCUT2D eigenvalue weighted by atomic mass is 32.2. The number of benzene rings is 1. The van der Waals surface area contributed by atoms with Gasteiger partial charge in [0.05, 0.1) is 5.54 Å². The molecule has 0 saturated heterocycles. The van der Waals surface area contributed by atoms with Crippen molar-refractivity contribution < 1.29 is 4.79 Å². The third kappa shape index (κ3) is 4.53. The van der Waals surface area contributed by atoms with Gasteiger partial charge in [-0.2, -0.15) is 0 Å². The molecule has 1 unspecified atom stereocenters. The first kappa shape index (κ1) is 17.1. The highest BCUT2D eigenvalue weighted by Crippen LogP contribution is 2.23. The lowest BCUT2D eigenvalue weighted by Crippen LogP contribution is -2.55. The van der Waals surface area contributed by atoms with Crippen molar-refractivity contribution in [3.05, 3.63) is 29.8 Å². The summed E-state index contributed by atoms with van der Waals surface area (Å²) in [6.07, 6.45) is 0. The Hall–Kier alpha value is -1.00. The molecule has 0 radical (unpaired) electrons. The summed E-state index contributed by atoms with van der Waals surface area (Å²) in [5, 5.41) is 3.59. The molecule has 0 heterocycles. The molecule has 1 amide bonds. The predicted octanol–water partition coefficient (Wildman–Crippen LogP) is 3.29. The zero-order valence-corrected chi connectivity index (χ0v) is 13.9. The lowest BCUT2D eigenvalue weighted by atomic mass is 9.88. The van der Waals surface area contributed by atoms with E-state index in [9.17, 15) is 4.79 Å². The monoisotopic (exact) mass is 294 g/mol. The van der Waals surface area contributed by atoms with Crippen LogP contribution in [0.4, 0.5) is 0 Å². The summed E-state index contributed by atoms with van der Waals surface area (Å²) < 4.78 is 0. The van der Waals surface area contributed by atoms with Crippen LogP contribution < -0.4 is 11.1 Å². The first-order valence-electron chi connectivity index (χ1n) is 7.08. The summed E-state index contributed by atoms with van der Waals surface area (Å²) in [5.41, 5.74) is 6.10. The number of thioether (sulfide) groups is 1. The molecule has 0 aromatic heterocycles. The minimum Gasteiger partial charge on any atom is -0.345 e. The van der Waals surface area contributed by atoms with Gasteiger partial charge in [0.1, 0.15) is 0 Å². The van der Waals surface area contributed by atoms with E-state index in [4.69, 9.17) is 5.73 Å². The zero-order valence-electron chi connectivity index (χ0n) is 13.1. The second-order valence-corrected chi connectivity index (χ2v) is 7.57. The molecule has 0 aliphatic heterocycles. The number of nitrogens with one attached hydrogen (secondary N) is 1. The maximum absolute atomic E-state index is 12.3. The molecule has 3 nitrogen and oxygen atoms in total. The minimum absolute atomic E-state index is 0.0623. The molecular formula is C16H26N2OS. The third-order valence-electron chi connectivity index (χ3n) is 3.59. The van der Waals surface area contributed by atoms with Gasteiger partial charge in [-0.25, -0.2) is 0 Å². The Labute approximate surface area is 126 Å². The van der Waals surface area contributed by atoms with Crippen LogP contribution in [0, 0.1) is 5.92 Å². The predicted molar refractivity (Wildman–Crippen MR) is 87.2 cm³/mol. The van der Waals surface area contributed by atoms with Crippen molar-refractivity contribution >= 4 is 17.7 Å². The first-order valence-corrected chi connectivity index (χ1v) is 7.95. The molecule has 3 N–H and O–H groups in total. The molecule has 1 atom stereocenters. The molecule has 112 valence electrons. The van der Waals surface area contributed by atoms with E-state index in [1.807, 2.05) is 31.2 Å². The lowest BCUT2D eigenvalue weighted by molar-refractivity contribution is 0.0883. The Morgan fingerprint density at radius 3 is 2.20 bits per heavy atom. The van der Waals surface area contributed by atoms with E-state index in [1.165, 1.54) is 4.90 Å². The van der Waals surface area contributed by atoms with Crippen LogP contribution in [0.15, 0.2) is 29.2 Å². The number of rotatable bonds is 6. The quantitative estimate of drug-likeness (QED) is 0.792. The zero-order chi connectivity index (χ0) is 15.3. The van der Waals surface area contributed by atoms with Crippen molar-refractivity contribution in [2.75, 3.05) is 6.54 Å². The van der Waals surface area contributed by atoms with E-state index in [0.717, 1.165) is 0 Å². The fourth-order valence-corrected chi connectivity index (χ4v) is 2.56. The summed E-state index contributed by atoms with van der Waals surface area (Å²) in [4.78, 5) is 13.5. The van der Waals surface area contributed by atoms with Gasteiger partial charge in [-0.3, -0.25) is 4.79 Å². The van der Waals surface area contributed by atoms with Crippen molar-refractivity contribution in [1.29, 1.82) is 0 Å². The van der Waals surface area contributed by atoms with Crippen LogP contribution in [0.25, 0.3) is 0 Å². The van der Waals surface area contributed by atoms with Gasteiger partial charge in [0.25, 0.3) is 5.91 Å². The molecule has 0 aliphatic rings. The van der Waals surface area contributed by atoms with Crippen LogP contribution in [0.2, 0.25) is 0 Å². The van der Waals surface area contributed by atoms with E-state index >= 15 is 0 Å². The second-order valence-electron chi connectivity index (χ2n) is 5.92. The molecule has 0 spiro atoms. The molecule has 1 rings (SSSR count). The number of hydrogen-bond donors (Lipinski definition) is 2. The molecule has 1 aromatic rings. The van der Waals surface area contributed by atoms with Crippen molar-refractivity contribution in [1.82, 2.24) is 5.32 Å². The number of carbonyl (C=O) groups excluding carboxylic acids is 1. The van der Waals surface area contributed by atoms with Crippen molar-refractivity contribution in [2.24, 2.45) is 11.7 Å². The van der Waals surface area contributed by atoms with Gasteiger partial charge in [-0.1, -0.05) is 27.7 Å². The Bertz CT molecular complexity index is 442. The van der Waals surface area contributed by atoms with Gasteiger partial charge in [0, 0.05) is 22.3 Å². The minimum atomic E-state index is -0.373. The van der Waals surface area contributed by atoms with Crippen molar-refractivity contribution in [3.8, 4) is 0 Å². The smallest absolute Gasteiger partial charge is 0.251 e. The van der Waals surface area contributed by atoms with Gasteiger partial charge in [0.2, 0.25) is 0 Å². The van der Waals surface area contributed by atoms with Gasteiger partial charge >= 0.3 is 0 Å².